The van der Waals surface area contributed by atoms with Gasteiger partial charge in [0.2, 0.25) is 5.91 Å². The highest BCUT2D eigenvalue weighted by Gasteiger charge is 2.37. The van der Waals surface area contributed by atoms with Crippen LogP contribution in [0.5, 0.6) is 0 Å². The van der Waals surface area contributed by atoms with E-state index in [1.165, 1.54) is 12.0 Å². The minimum atomic E-state index is 0.285. The number of piperidine rings is 1. The number of carbonyl (C=O) groups excluding carboxylic acids is 1. The predicted octanol–water partition coefficient (Wildman–Crippen LogP) is 3.43. The van der Waals surface area contributed by atoms with Crippen molar-refractivity contribution in [1.29, 1.82) is 0 Å². The van der Waals surface area contributed by atoms with Crippen LogP contribution in [0.4, 0.5) is 0 Å². The van der Waals surface area contributed by atoms with Crippen molar-refractivity contribution in [3.05, 3.63) is 51.5 Å². The van der Waals surface area contributed by atoms with Gasteiger partial charge >= 0.3 is 0 Å². The van der Waals surface area contributed by atoms with Crippen molar-refractivity contribution in [1.82, 2.24) is 14.8 Å². The molecule has 0 unspecified atom stereocenters. The second kappa shape index (κ2) is 7.49. The molecule has 0 radical (unpaired) electrons. The molecule has 138 valence electrons. The number of thiazole rings is 1. The Bertz CT molecular complexity index is 773. The Morgan fingerprint density at radius 3 is 2.69 bits per heavy atom. The SMILES string of the molecule is Cc1nc(C)c(CC(=O)N2C[C@H]3CC[C@@H]2CN(Cc2ccccc2)C3)s1. The van der Waals surface area contributed by atoms with E-state index in [-0.39, 0.29) is 5.91 Å². The summed E-state index contributed by atoms with van der Waals surface area (Å²) in [6.45, 7) is 8.05. The van der Waals surface area contributed by atoms with E-state index in [1.54, 1.807) is 11.3 Å². The summed E-state index contributed by atoms with van der Waals surface area (Å²) in [6, 6.07) is 11.0. The highest BCUT2D eigenvalue weighted by atomic mass is 32.1. The summed E-state index contributed by atoms with van der Waals surface area (Å²) in [7, 11) is 0. The highest BCUT2D eigenvalue weighted by Crippen LogP contribution is 2.30. The number of carbonyl (C=O) groups is 1. The summed E-state index contributed by atoms with van der Waals surface area (Å²) in [5.41, 5.74) is 2.38. The molecule has 1 aromatic carbocycles. The van der Waals surface area contributed by atoms with E-state index in [0.717, 1.165) is 48.2 Å². The minimum Gasteiger partial charge on any atom is -0.338 e. The number of hydrogen-bond acceptors (Lipinski definition) is 4. The molecule has 2 atom stereocenters. The standard InChI is InChI=1S/C21H27N3OS/c1-15-20(26-16(2)22-15)10-21(25)24-13-18-8-9-19(24)14-23(12-18)11-17-6-4-3-5-7-17/h3-7,18-19H,8-14H2,1-2H3/t18-,19+/m0/s1. The molecular formula is C21H27N3OS. The summed E-state index contributed by atoms with van der Waals surface area (Å²) in [5.74, 6) is 0.888. The zero-order chi connectivity index (χ0) is 18.1. The van der Waals surface area contributed by atoms with Crippen LogP contribution in [0.25, 0.3) is 0 Å². The van der Waals surface area contributed by atoms with Crippen molar-refractivity contribution in [2.75, 3.05) is 19.6 Å². The normalized spacial score (nSPS) is 23.2. The zero-order valence-electron chi connectivity index (χ0n) is 15.6. The third-order valence-electron chi connectivity index (χ3n) is 5.67. The average Bonchev–Trinajstić information content (AvgIpc) is 2.78. The minimum absolute atomic E-state index is 0.285. The maximum absolute atomic E-state index is 13.0. The fourth-order valence-electron chi connectivity index (χ4n) is 4.43. The molecule has 3 fully saturated rings. The van der Waals surface area contributed by atoms with Gasteiger partial charge in [-0.1, -0.05) is 30.3 Å². The van der Waals surface area contributed by atoms with Crippen molar-refractivity contribution in [2.24, 2.45) is 5.92 Å². The second-order valence-corrected chi connectivity index (χ2v) is 9.03. The van der Waals surface area contributed by atoms with Crippen LogP contribution in [0.2, 0.25) is 0 Å². The molecule has 0 N–H and O–H groups in total. The first-order valence-corrected chi connectivity index (χ1v) is 10.4. The van der Waals surface area contributed by atoms with Crippen LogP contribution >= 0.6 is 11.3 Å². The van der Waals surface area contributed by atoms with Gasteiger partial charge in [-0.15, -0.1) is 11.3 Å². The first-order chi connectivity index (χ1) is 12.6. The molecule has 1 amide bonds. The number of fused-ring (bicyclic) bond motifs is 4. The van der Waals surface area contributed by atoms with Crippen LogP contribution in [-0.4, -0.2) is 46.4 Å². The van der Waals surface area contributed by atoms with Crippen LogP contribution in [0.3, 0.4) is 0 Å². The molecule has 2 aromatic rings. The Morgan fingerprint density at radius 1 is 1.15 bits per heavy atom. The zero-order valence-corrected chi connectivity index (χ0v) is 16.5. The first-order valence-electron chi connectivity index (χ1n) is 9.57. The van der Waals surface area contributed by atoms with Gasteiger partial charge in [-0.2, -0.15) is 0 Å². The number of aromatic nitrogens is 1. The van der Waals surface area contributed by atoms with Gasteiger partial charge in [0, 0.05) is 37.1 Å². The molecule has 0 aliphatic carbocycles. The topological polar surface area (TPSA) is 36.4 Å². The van der Waals surface area contributed by atoms with Crippen LogP contribution in [0.15, 0.2) is 30.3 Å². The third kappa shape index (κ3) is 3.84. The number of aryl methyl sites for hydroxylation is 2. The molecule has 0 spiro atoms. The van der Waals surface area contributed by atoms with E-state index in [4.69, 9.17) is 0 Å². The Morgan fingerprint density at radius 2 is 1.96 bits per heavy atom. The largest absolute Gasteiger partial charge is 0.338 e. The lowest BCUT2D eigenvalue weighted by Gasteiger charge is -2.36. The summed E-state index contributed by atoms with van der Waals surface area (Å²) < 4.78 is 0. The van der Waals surface area contributed by atoms with E-state index in [9.17, 15) is 4.79 Å². The first kappa shape index (κ1) is 17.7. The number of benzene rings is 1. The summed E-state index contributed by atoms with van der Waals surface area (Å²) in [5, 5.41) is 1.05. The molecule has 5 heteroatoms. The summed E-state index contributed by atoms with van der Waals surface area (Å²) in [6.07, 6.45) is 2.90. The highest BCUT2D eigenvalue weighted by molar-refractivity contribution is 7.11. The van der Waals surface area contributed by atoms with Crippen molar-refractivity contribution in [3.8, 4) is 0 Å². The van der Waals surface area contributed by atoms with Crippen molar-refractivity contribution in [3.63, 3.8) is 0 Å². The molecule has 3 aliphatic rings. The quantitative estimate of drug-likeness (QED) is 0.828. The fourth-order valence-corrected chi connectivity index (χ4v) is 5.36. The second-order valence-electron chi connectivity index (χ2n) is 7.74. The number of nitrogens with zero attached hydrogens (tertiary/aromatic N) is 3. The molecule has 4 heterocycles. The lowest BCUT2D eigenvalue weighted by Crippen LogP contribution is -2.47. The van der Waals surface area contributed by atoms with Gasteiger partial charge < -0.3 is 4.90 Å². The van der Waals surface area contributed by atoms with Crippen molar-refractivity contribution >= 4 is 17.2 Å². The van der Waals surface area contributed by atoms with Crippen LogP contribution in [-0.2, 0) is 17.8 Å². The Balaban J connectivity index is 1.44. The average molecular weight is 370 g/mol. The predicted molar refractivity (Wildman–Crippen MR) is 105 cm³/mol. The van der Waals surface area contributed by atoms with E-state index >= 15 is 0 Å². The van der Waals surface area contributed by atoms with E-state index < -0.39 is 0 Å². The fraction of sp³-hybridized carbons (Fsp3) is 0.524. The summed E-state index contributed by atoms with van der Waals surface area (Å²) >= 11 is 1.67. The molecule has 5 rings (SSSR count). The third-order valence-corrected chi connectivity index (χ3v) is 6.74. The van der Waals surface area contributed by atoms with Gasteiger partial charge in [-0.3, -0.25) is 9.69 Å². The van der Waals surface area contributed by atoms with Crippen LogP contribution in [0, 0.1) is 19.8 Å². The van der Waals surface area contributed by atoms with Gasteiger partial charge in [-0.05, 0) is 38.2 Å². The molecular weight excluding hydrogens is 342 g/mol. The number of rotatable bonds is 4. The number of hydrogen-bond donors (Lipinski definition) is 0. The molecule has 0 saturated carbocycles. The summed E-state index contributed by atoms with van der Waals surface area (Å²) in [4.78, 5) is 23.4. The molecule has 3 saturated heterocycles. The van der Waals surface area contributed by atoms with E-state index in [2.05, 4.69) is 45.1 Å². The van der Waals surface area contributed by atoms with Crippen LogP contribution in [0.1, 0.15) is 34.0 Å². The van der Waals surface area contributed by atoms with E-state index in [1.807, 2.05) is 13.8 Å². The molecule has 1 aromatic heterocycles. The van der Waals surface area contributed by atoms with Crippen molar-refractivity contribution in [2.45, 2.75) is 45.7 Å². The van der Waals surface area contributed by atoms with Gasteiger partial charge in [0.15, 0.2) is 0 Å². The maximum Gasteiger partial charge on any atom is 0.228 e. The smallest absolute Gasteiger partial charge is 0.228 e. The monoisotopic (exact) mass is 369 g/mol. The Kier molecular flexibility index (Phi) is 5.09. The van der Waals surface area contributed by atoms with Gasteiger partial charge in [0.05, 0.1) is 17.1 Å². The number of amides is 1. The molecule has 3 aliphatic heterocycles. The molecule has 4 nitrogen and oxygen atoms in total. The van der Waals surface area contributed by atoms with E-state index in [0.29, 0.717) is 18.4 Å². The lowest BCUT2D eigenvalue weighted by atomic mass is 9.94. The lowest BCUT2D eigenvalue weighted by molar-refractivity contribution is -0.134. The van der Waals surface area contributed by atoms with Gasteiger partial charge in [0.25, 0.3) is 0 Å². The van der Waals surface area contributed by atoms with Gasteiger partial charge in [0.1, 0.15) is 0 Å². The van der Waals surface area contributed by atoms with Crippen LogP contribution < -0.4 is 0 Å². The van der Waals surface area contributed by atoms with Crippen molar-refractivity contribution < 1.29 is 4.79 Å². The molecule has 2 bridgehead atoms. The molecule has 26 heavy (non-hydrogen) atoms. The Labute approximate surface area is 159 Å². The van der Waals surface area contributed by atoms with Gasteiger partial charge in [-0.25, -0.2) is 4.98 Å². The Hall–Kier alpha value is -1.72. The maximum atomic E-state index is 13.0.